The fraction of sp³-hybridized carbons (Fsp3) is 0.200. The summed E-state index contributed by atoms with van der Waals surface area (Å²) in [5.74, 6) is 0. The first-order valence-corrected chi connectivity index (χ1v) is 8.75. The smallest absolute Gasteiger partial charge is 0.265 e. The Bertz CT molecular complexity index is 790. The first kappa shape index (κ1) is 14.7. The highest BCUT2D eigenvalue weighted by Gasteiger charge is 2.30. The zero-order chi connectivity index (χ0) is 15.0. The molecule has 0 spiro atoms. The molecule has 1 heterocycles. The molecule has 1 aliphatic rings. The van der Waals surface area contributed by atoms with Crippen molar-refractivity contribution in [3.63, 3.8) is 0 Å². The molecule has 0 fully saturated rings. The van der Waals surface area contributed by atoms with Crippen molar-refractivity contribution in [2.75, 3.05) is 10.8 Å². The number of hydrogen-bond donors (Lipinski definition) is 0. The number of rotatable bonds is 2. The third kappa shape index (κ3) is 2.63. The molecule has 1 aliphatic heterocycles. The Morgan fingerprint density at radius 2 is 1.81 bits per heavy atom. The predicted octanol–water partition coefficient (Wildman–Crippen LogP) is 4.13. The largest absolute Gasteiger partial charge is 0.266 e. The minimum absolute atomic E-state index is 0.0494. The van der Waals surface area contributed by atoms with Crippen molar-refractivity contribution in [1.29, 1.82) is 0 Å². The second-order valence-electron chi connectivity index (χ2n) is 4.88. The van der Waals surface area contributed by atoms with Crippen LogP contribution in [0.2, 0.25) is 10.0 Å². The number of sulfonamides is 1. The number of anilines is 1. The van der Waals surface area contributed by atoms with Gasteiger partial charge in [0.25, 0.3) is 10.0 Å². The van der Waals surface area contributed by atoms with Gasteiger partial charge in [-0.05, 0) is 42.7 Å². The van der Waals surface area contributed by atoms with Gasteiger partial charge >= 0.3 is 0 Å². The van der Waals surface area contributed by atoms with E-state index in [1.54, 1.807) is 6.07 Å². The van der Waals surface area contributed by atoms with Crippen molar-refractivity contribution in [3.05, 3.63) is 58.1 Å². The maximum Gasteiger partial charge on any atom is 0.265 e. The molecule has 2 aromatic carbocycles. The number of para-hydroxylation sites is 1. The zero-order valence-corrected chi connectivity index (χ0v) is 13.4. The molecule has 0 bridgehead atoms. The van der Waals surface area contributed by atoms with E-state index < -0.39 is 10.0 Å². The summed E-state index contributed by atoms with van der Waals surface area (Å²) in [6, 6.07) is 12.0. The van der Waals surface area contributed by atoms with E-state index in [-0.39, 0.29) is 9.92 Å². The van der Waals surface area contributed by atoms with E-state index in [2.05, 4.69) is 0 Å². The molecule has 21 heavy (non-hydrogen) atoms. The van der Waals surface area contributed by atoms with Gasteiger partial charge in [0.1, 0.15) is 4.90 Å². The first-order chi connectivity index (χ1) is 10.00. The number of fused-ring (bicyclic) bond motifs is 1. The molecular weight excluding hydrogens is 329 g/mol. The van der Waals surface area contributed by atoms with Crippen LogP contribution >= 0.6 is 23.2 Å². The van der Waals surface area contributed by atoms with Crippen LogP contribution in [0.4, 0.5) is 5.69 Å². The number of benzene rings is 2. The van der Waals surface area contributed by atoms with Crippen LogP contribution in [0.15, 0.2) is 47.4 Å². The lowest BCUT2D eigenvalue weighted by atomic mass is 10.0. The number of nitrogens with zero attached hydrogens (tertiary/aromatic N) is 1. The van der Waals surface area contributed by atoms with Gasteiger partial charge in [-0.2, -0.15) is 0 Å². The molecule has 0 aliphatic carbocycles. The van der Waals surface area contributed by atoms with Crippen molar-refractivity contribution in [2.24, 2.45) is 0 Å². The van der Waals surface area contributed by atoms with Crippen molar-refractivity contribution >= 4 is 38.9 Å². The van der Waals surface area contributed by atoms with Crippen LogP contribution in [0, 0.1) is 0 Å². The molecule has 0 unspecified atom stereocenters. The van der Waals surface area contributed by atoms with Gasteiger partial charge in [-0.15, -0.1) is 0 Å². The van der Waals surface area contributed by atoms with Gasteiger partial charge in [-0.25, -0.2) is 8.42 Å². The monoisotopic (exact) mass is 341 g/mol. The van der Waals surface area contributed by atoms with E-state index in [9.17, 15) is 8.42 Å². The Morgan fingerprint density at radius 1 is 1.05 bits per heavy atom. The van der Waals surface area contributed by atoms with Crippen LogP contribution in [0.5, 0.6) is 0 Å². The molecule has 6 heteroatoms. The van der Waals surface area contributed by atoms with Gasteiger partial charge in [0.2, 0.25) is 0 Å². The van der Waals surface area contributed by atoms with E-state index in [4.69, 9.17) is 23.2 Å². The van der Waals surface area contributed by atoms with Gasteiger partial charge < -0.3 is 0 Å². The molecular formula is C15H13Cl2NO2S. The van der Waals surface area contributed by atoms with E-state index in [1.807, 2.05) is 24.3 Å². The van der Waals surface area contributed by atoms with Crippen LogP contribution in [0.25, 0.3) is 0 Å². The van der Waals surface area contributed by atoms with Gasteiger partial charge in [0, 0.05) is 11.6 Å². The molecule has 110 valence electrons. The van der Waals surface area contributed by atoms with Crippen molar-refractivity contribution in [3.8, 4) is 0 Å². The number of halogens is 2. The summed E-state index contributed by atoms with van der Waals surface area (Å²) in [7, 11) is -3.71. The number of aryl methyl sites for hydroxylation is 1. The molecule has 0 aromatic heterocycles. The Labute approximate surface area is 134 Å². The summed E-state index contributed by atoms with van der Waals surface area (Å²) in [4.78, 5) is 0.0494. The highest BCUT2D eigenvalue weighted by atomic mass is 35.5. The Kier molecular flexibility index (Phi) is 3.86. The average Bonchev–Trinajstić information content (AvgIpc) is 2.49. The summed E-state index contributed by atoms with van der Waals surface area (Å²) >= 11 is 12.0. The van der Waals surface area contributed by atoms with Crippen LogP contribution in [0.3, 0.4) is 0 Å². The topological polar surface area (TPSA) is 37.4 Å². The van der Waals surface area contributed by atoms with E-state index in [0.717, 1.165) is 24.1 Å². The maximum absolute atomic E-state index is 12.9. The molecule has 2 aromatic rings. The van der Waals surface area contributed by atoms with Crippen LogP contribution in [0.1, 0.15) is 12.0 Å². The third-order valence-corrected chi connectivity index (χ3v) is 6.06. The van der Waals surface area contributed by atoms with Crippen molar-refractivity contribution < 1.29 is 8.42 Å². The highest BCUT2D eigenvalue weighted by Crippen LogP contribution is 2.34. The Morgan fingerprint density at radius 3 is 2.62 bits per heavy atom. The van der Waals surface area contributed by atoms with Crippen molar-refractivity contribution in [2.45, 2.75) is 17.7 Å². The molecule has 3 rings (SSSR count). The predicted molar refractivity (Wildman–Crippen MR) is 85.8 cm³/mol. The molecule has 0 saturated heterocycles. The van der Waals surface area contributed by atoms with Gasteiger partial charge in [-0.1, -0.05) is 41.4 Å². The van der Waals surface area contributed by atoms with Crippen LogP contribution in [-0.4, -0.2) is 15.0 Å². The van der Waals surface area contributed by atoms with Crippen LogP contribution < -0.4 is 4.31 Å². The van der Waals surface area contributed by atoms with Gasteiger partial charge in [0.05, 0.1) is 10.7 Å². The summed E-state index contributed by atoms with van der Waals surface area (Å²) in [5.41, 5.74) is 1.75. The Hall–Kier alpha value is -1.23. The summed E-state index contributed by atoms with van der Waals surface area (Å²) in [5, 5.41) is 0.533. The minimum atomic E-state index is -3.71. The van der Waals surface area contributed by atoms with E-state index in [0.29, 0.717) is 11.6 Å². The summed E-state index contributed by atoms with van der Waals surface area (Å²) < 4.78 is 27.2. The van der Waals surface area contributed by atoms with E-state index >= 15 is 0 Å². The second kappa shape index (κ2) is 5.52. The van der Waals surface area contributed by atoms with Gasteiger partial charge in [0.15, 0.2) is 0 Å². The molecule has 0 amide bonds. The van der Waals surface area contributed by atoms with Crippen LogP contribution in [-0.2, 0) is 16.4 Å². The highest BCUT2D eigenvalue weighted by molar-refractivity contribution is 7.93. The fourth-order valence-electron chi connectivity index (χ4n) is 2.54. The minimum Gasteiger partial charge on any atom is -0.266 e. The molecule has 3 nitrogen and oxygen atoms in total. The first-order valence-electron chi connectivity index (χ1n) is 6.56. The quantitative estimate of drug-likeness (QED) is 0.823. The fourth-order valence-corrected chi connectivity index (χ4v) is 4.82. The lowest BCUT2D eigenvalue weighted by molar-refractivity contribution is 0.586. The van der Waals surface area contributed by atoms with Crippen molar-refractivity contribution in [1.82, 2.24) is 0 Å². The van der Waals surface area contributed by atoms with Gasteiger partial charge in [-0.3, -0.25) is 4.31 Å². The number of hydrogen-bond acceptors (Lipinski definition) is 2. The SMILES string of the molecule is O=S(=O)(c1cc(Cl)ccc1Cl)N1CCCc2ccccc21. The Balaban J connectivity index is 2.14. The molecule has 0 radical (unpaired) electrons. The standard InChI is InChI=1S/C15H13Cl2NO2S/c16-12-7-8-13(17)15(10-12)21(19,20)18-9-3-5-11-4-1-2-6-14(11)18/h1-2,4,6-8,10H,3,5,9H2. The normalized spacial score (nSPS) is 14.9. The maximum atomic E-state index is 12.9. The summed E-state index contributed by atoms with van der Waals surface area (Å²) in [6.07, 6.45) is 1.67. The lowest BCUT2D eigenvalue weighted by Gasteiger charge is -2.30. The second-order valence-corrected chi connectivity index (χ2v) is 7.56. The summed E-state index contributed by atoms with van der Waals surface area (Å²) in [6.45, 7) is 0.447. The van der Waals surface area contributed by atoms with E-state index in [1.165, 1.54) is 16.4 Å². The molecule has 0 N–H and O–H groups in total. The molecule has 0 atom stereocenters. The lowest BCUT2D eigenvalue weighted by Crippen LogP contribution is -2.35. The zero-order valence-electron chi connectivity index (χ0n) is 11.1. The average molecular weight is 342 g/mol. The third-order valence-electron chi connectivity index (χ3n) is 3.53. The molecule has 0 saturated carbocycles.